The smallest absolute Gasteiger partial charge is 0.153 e. The van der Waals surface area contributed by atoms with Gasteiger partial charge in [0.25, 0.3) is 0 Å². The molecule has 1 rings (SSSR count). The lowest BCUT2D eigenvalue weighted by Crippen LogP contribution is -1.90. The van der Waals surface area contributed by atoms with Crippen molar-refractivity contribution in [3.05, 3.63) is 53.6 Å². The van der Waals surface area contributed by atoms with Crippen LogP contribution in [0, 0.1) is 0 Å². The number of carbonyl (C=O) groups is 1. The van der Waals surface area contributed by atoms with E-state index in [0.717, 1.165) is 24.0 Å². The molecule has 0 unspecified atom stereocenters. The van der Waals surface area contributed by atoms with Gasteiger partial charge in [0, 0.05) is 0 Å². The fraction of sp³-hybridized carbons (Fsp3) is 0.450. The summed E-state index contributed by atoms with van der Waals surface area (Å²) in [4.78, 5) is 11.5. The first-order valence-corrected chi connectivity index (χ1v) is 8.14. The average Bonchev–Trinajstić information content (AvgIpc) is 2.49. The van der Waals surface area contributed by atoms with Crippen LogP contribution in [0.5, 0.6) is 0 Å². The van der Waals surface area contributed by atoms with Crippen LogP contribution in [-0.2, 0) is 4.79 Å². The zero-order valence-electron chi connectivity index (χ0n) is 13.7. The van der Waals surface area contributed by atoms with E-state index >= 15 is 0 Å². The second kappa shape index (κ2) is 10.1. The summed E-state index contributed by atoms with van der Waals surface area (Å²) in [6, 6.07) is 10.2. The van der Waals surface area contributed by atoms with E-state index in [0.29, 0.717) is 0 Å². The highest BCUT2D eigenvalue weighted by Crippen LogP contribution is 2.22. The van der Waals surface area contributed by atoms with Crippen molar-refractivity contribution >= 4 is 11.4 Å². The third kappa shape index (κ3) is 7.08. The van der Waals surface area contributed by atoms with Gasteiger partial charge in [-0.2, -0.15) is 0 Å². The predicted octanol–water partition coefficient (Wildman–Crippen LogP) is 5.97. The van der Waals surface area contributed by atoms with E-state index in [4.69, 9.17) is 0 Å². The van der Waals surface area contributed by atoms with Gasteiger partial charge in [-0.3, -0.25) is 4.79 Å². The second-order valence-electron chi connectivity index (χ2n) is 5.54. The third-order valence-corrected chi connectivity index (χ3v) is 3.63. The first kappa shape index (κ1) is 17.4. The van der Waals surface area contributed by atoms with Gasteiger partial charge in [-0.15, -0.1) is 0 Å². The summed E-state index contributed by atoms with van der Waals surface area (Å²) in [5.74, 6) is 0.103. The molecule has 1 heteroatoms. The Morgan fingerprint density at radius 3 is 2.29 bits per heavy atom. The zero-order valence-corrected chi connectivity index (χ0v) is 13.7. The molecule has 0 amide bonds. The van der Waals surface area contributed by atoms with Crippen LogP contribution >= 0.6 is 0 Å². The Hall–Kier alpha value is -1.63. The second-order valence-corrected chi connectivity index (χ2v) is 5.54. The van der Waals surface area contributed by atoms with Crippen LogP contribution in [0.3, 0.4) is 0 Å². The number of benzene rings is 1. The molecule has 0 saturated heterocycles. The quantitative estimate of drug-likeness (QED) is 0.310. The predicted molar refractivity (Wildman–Crippen MR) is 92.2 cm³/mol. The van der Waals surface area contributed by atoms with Crippen LogP contribution in [0.2, 0.25) is 0 Å². The maximum Gasteiger partial charge on any atom is 0.153 e. The Balaban J connectivity index is 2.87. The zero-order chi connectivity index (χ0) is 15.5. The van der Waals surface area contributed by atoms with Crippen molar-refractivity contribution in [2.45, 2.75) is 59.3 Å². The van der Waals surface area contributed by atoms with Crippen molar-refractivity contribution in [3.8, 4) is 0 Å². The lowest BCUT2D eigenvalue weighted by molar-refractivity contribution is -0.112. The first-order valence-electron chi connectivity index (χ1n) is 8.14. The van der Waals surface area contributed by atoms with E-state index in [-0.39, 0.29) is 5.78 Å². The van der Waals surface area contributed by atoms with Gasteiger partial charge in [0.2, 0.25) is 0 Å². The Kier molecular flexibility index (Phi) is 8.42. The molecule has 0 N–H and O–H groups in total. The normalized spacial score (nSPS) is 12.5. The van der Waals surface area contributed by atoms with Gasteiger partial charge in [0.15, 0.2) is 5.78 Å². The molecular formula is C20H28O. The highest BCUT2D eigenvalue weighted by Gasteiger charge is 2.02. The summed E-state index contributed by atoms with van der Waals surface area (Å²) < 4.78 is 0. The van der Waals surface area contributed by atoms with Crippen LogP contribution < -0.4 is 0 Å². The third-order valence-electron chi connectivity index (χ3n) is 3.63. The Labute approximate surface area is 129 Å². The van der Waals surface area contributed by atoms with Gasteiger partial charge in [0.1, 0.15) is 0 Å². The minimum Gasteiger partial charge on any atom is -0.295 e. The standard InChI is InChI=1S/C20H28O/c1-4-6-7-9-12-18(5-2)16-20(15-17(3)21)19-13-10-8-11-14-19/h8,10-11,13-16H,4-7,9,12H2,1-3H3. The van der Waals surface area contributed by atoms with Crippen molar-refractivity contribution in [1.82, 2.24) is 0 Å². The lowest BCUT2D eigenvalue weighted by Gasteiger charge is -2.08. The molecule has 1 nitrogen and oxygen atoms in total. The first-order chi connectivity index (χ1) is 10.2. The Morgan fingerprint density at radius 2 is 1.71 bits per heavy atom. The van der Waals surface area contributed by atoms with Crippen molar-refractivity contribution in [2.75, 3.05) is 0 Å². The fourth-order valence-electron chi connectivity index (χ4n) is 2.41. The molecule has 0 spiro atoms. The molecule has 1 aromatic carbocycles. The Morgan fingerprint density at radius 1 is 1.00 bits per heavy atom. The van der Waals surface area contributed by atoms with Crippen LogP contribution in [-0.4, -0.2) is 5.78 Å². The van der Waals surface area contributed by atoms with Gasteiger partial charge in [-0.05, 0) is 43.4 Å². The minimum absolute atomic E-state index is 0.103. The van der Waals surface area contributed by atoms with Crippen LogP contribution in [0.25, 0.3) is 5.57 Å². The molecule has 21 heavy (non-hydrogen) atoms. The topological polar surface area (TPSA) is 17.1 Å². The molecule has 0 atom stereocenters. The minimum atomic E-state index is 0.103. The average molecular weight is 284 g/mol. The summed E-state index contributed by atoms with van der Waals surface area (Å²) in [5.41, 5.74) is 3.59. The van der Waals surface area contributed by atoms with Crippen molar-refractivity contribution < 1.29 is 4.79 Å². The van der Waals surface area contributed by atoms with Crippen LogP contribution in [0.4, 0.5) is 0 Å². The summed E-state index contributed by atoms with van der Waals surface area (Å²) >= 11 is 0. The highest BCUT2D eigenvalue weighted by atomic mass is 16.1. The lowest BCUT2D eigenvalue weighted by atomic mass is 9.97. The summed E-state index contributed by atoms with van der Waals surface area (Å²) in [7, 11) is 0. The molecule has 0 heterocycles. The van der Waals surface area contributed by atoms with Gasteiger partial charge < -0.3 is 0 Å². The molecule has 0 aromatic heterocycles. The van der Waals surface area contributed by atoms with E-state index < -0.39 is 0 Å². The largest absolute Gasteiger partial charge is 0.295 e. The van der Waals surface area contributed by atoms with Gasteiger partial charge >= 0.3 is 0 Å². The fourth-order valence-corrected chi connectivity index (χ4v) is 2.41. The van der Waals surface area contributed by atoms with Crippen molar-refractivity contribution in [2.24, 2.45) is 0 Å². The van der Waals surface area contributed by atoms with Crippen molar-refractivity contribution in [1.29, 1.82) is 0 Å². The Bertz CT molecular complexity index is 480. The maximum atomic E-state index is 11.5. The number of unbranched alkanes of at least 4 members (excludes halogenated alkanes) is 3. The van der Waals surface area contributed by atoms with Gasteiger partial charge in [0.05, 0.1) is 0 Å². The molecule has 0 fully saturated rings. The van der Waals surface area contributed by atoms with E-state index in [1.807, 2.05) is 18.2 Å². The molecule has 0 radical (unpaired) electrons. The van der Waals surface area contributed by atoms with E-state index in [1.54, 1.807) is 13.0 Å². The number of carbonyl (C=O) groups excluding carboxylic acids is 1. The number of rotatable bonds is 9. The molecule has 114 valence electrons. The summed E-state index contributed by atoms with van der Waals surface area (Å²) in [6.07, 6.45) is 11.3. The molecule has 0 saturated carbocycles. The molecule has 0 aliphatic heterocycles. The van der Waals surface area contributed by atoms with E-state index in [1.165, 1.54) is 31.3 Å². The molecule has 0 aliphatic rings. The van der Waals surface area contributed by atoms with E-state index in [9.17, 15) is 4.79 Å². The van der Waals surface area contributed by atoms with E-state index in [2.05, 4.69) is 32.1 Å². The SMILES string of the molecule is CCCCCCC(=CC(=CC(C)=O)c1ccccc1)CC. The summed E-state index contributed by atoms with van der Waals surface area (Å²) in [6.45, 7) is 6.05. The highest BCUT2D eigenvalue weighted by molar-refractivity contribution is 5.97. The van der Waals surface area contributed by atoms with Crippen LogP contribution in [0.1, 0.15) is 64.9 Å². The molecule has 1 aromatic rings. The number of hydrogen-bond donors (Lipinski definition) is 0. The number of hydrogen-bond acceptors (Lipinski definition) is 1. The summed E-state index contributed by atoms with van der Waals surface area (Å²) in [5, 5.41) is 0. The molecule has 0 aliphatic carbocycles. The molecule has 0 bridgehead atoms. The van der Waals surface area contributed by atoms with Crippen molar-refractivity contribution in [3.63, 3.8) is 0 Å². The number of allylic oxidation sites excluding steroid dienone is 4. The van der Waals surface area contributed by atoms with Crippen LogP contribution in [0.15, 0.2) is 48.1 Å². The molecular weight excluding hydrogens is 256 g/mol. The monoisotopic (exact) mass is 284 g/mol. The maximum absolute atomic E-state index is 11.5. The van der Waals surface area contributed by atoms with Gasteiger partial charge in [-0.25, -0.2) is 0 Å². The van der Waals surface area contributed by atoms with Gasteiger partial charge in [-0.1, -0.05) is 75.1 Å². The number of ketones is 1.